The number of thioether (sulfide) groups is 1. The van der Waals surface area contributed by atoms with Crippen molar-refractivity contribution in [3.8, 4) is 0 Å². The maximum absolute atomic E-state index is 12.1. The van der Waals surface area contributed by atoms with Crippen molar-refractivity contribution in [2.45, 2.75) is 44.2 Å². The molecule has 0 unspecified atom stereocenters. The fraction of sp³-hybridized carbons (Fsp3) is 0.588. The van der Waals surface area contributed by atoms with E-state index in [1.54, 1.807) is 11.1 Å². The van der Waals surface area contributed by atoms with Crippen molar-refractivity contribution in [3.63, 3.8) is 0 Å². The van der Waals surface area contributed by atoms with Crippen molar-refractivity contribution >= 4 is 29.3 Å². The van der Waals surface area contributed by atoms with Gasteiger partial charge >= 0.3 is 0 Å². The molecule has 1 aromatic rings. The fourth-order valence-corrected chi connectivity index (χ4v) is 3.27. The second-order valence-electron chi connectivity index (χ2n) is 5.89. The van der Waals surface area contributed by atoms with Crippen LogP contribution in [0.3, 0.4) is 0 Å². The molecule has 0 atom stereocenters. The number of pyridine rings is 1. The summed E-state index contributed by atoms with van der Waals surface area (Å²) < 4.78 is 5.43. The van der Waals surface area contributed by atoms with E-state index in [0.717, 1.165) is 17.1 Å². The molecule has 0 aliphatic carbocycles. The standard InChI is InChI=1S/C17H25N3O3S/c1-13(2)23-11-5-9-18-15(21)7-4-10-20-14-6-3-8-19-17(14)24-12-16(20)22/h3,6,8,13H,4-5,7,9-12H2,1-2H3,(H,18,21). The normalized spacial score (nSPS) is 14.0. The minimum atomic E-state index is 0.0183. The van der Waals surface area contributed by atoms with Crippen LogP contribution in [0.4, 0.5) is 5.69 Å². The average molecular weight is 351 g/mol. The van der Waals surface area contributed by atoms with Crippen LogP contribution in [0.25, 0.3) is 0 Å². The Balaban J connectivity index is 1.68. The second kappa shape index (κ2) is 9.64. The van der Waals surface area contributed by atoms with Crippen LogP contribution in [0.15, 0.2) is 23.4 Å². The first-order valence-corrected chi connectivity index (χ1v) is 9.33. The summed E-state index contributed by atoms with van der Waals surface area (Å²) in [5, 5.41) is 3.77. The number of fused-ring (bicyclic) bond motifs is 1. The minimum absolute atomic E-state index is 0.0183. The highest BCUT2D eigenvalue weighted by molar-refractivity contribution is 8.00. The number of rotatable bonds is 9. The Morgan fingerprint density at radius 1 is 1.46 bits per heavy atom. The molecule has 1 aromatic heterocycles. The van der Waals surface area contributed by atoms with Crippen molar-refractivity contribution in [1.29, 1.82) is 0 Å². The Labute approximate surface area is 147 Å². The third-order valence-corrected chi connectivity index (χ3v) is 4.53. The zero-order chi connectivity index (χ0) is 17.4. The molecular weight excluding hydrogens is 326 g/mol. The van der Waals surface area contributed by atoms with E-state index in [4.69, 9.17) is 4.74 Å². The zero-order valence-electron chi connectivity index (χ0n) is 14.3. The number of carbonyl (C=O) groups is 2. The molecule has 0 fully saturated rings. The predicted octanol–water partition coefficient (Wildman–Crippen LogP) is 2.23. The lowest BCUT2D eigenvalue weighted by Gasteiger charge is -2.27. The van der Waals surface area contributed by atoms with Gasteiger partial charge in [-0.1, -0.05) is 11.8 Å². The topological polar surface area (TPSA) is 71.5 Å². The first-order chi connectivity index (χ1) is 11.6. The van der Waals surface area contributed by atoms with Gasteiger partial charge in [-0.3, -0.25) is 9.59 Å². The summed E-state index contributed by atoms with van der Waals surface area (Å²) in [4.78, 5) is 30.0. The van der Waals surface area contributed by atoms with Gasteiger partial charge in [0.15, 0.2) is 0 Å². The van der Waals surface area contributed by atoms with Crippen LogP contribution in [-0.2, 0) is 14.3 Å². The zero-order valence-corrected chi connectivity index (χ0v) is 15.1. The summed E-state index contributed by atoms with van der Waals surface area (Å²) in [5.41, 5.74) is 0.852. The van der Waals surface area contributed by atoms with Gasteiger partial charge in [0.25, 0.3) is 0 Å². The molecule has 2 rings (SSSR count). The van der Waals surface area contributed by atoms with Gasteiger partial charge in [-0.25, -0.2) is 4.98 Å². The lowest BCUT2D eigenvalue weighted by Crippen LogP contribution is -2.37. The van der Waals surface area contributed by atoms with Gasteiger partial charge in [-0.05, 0) is 38.8 Å². The summed E-state index contributed by atoms with van der Waals surface area (Å²) in [6.07, 6.45) is 3.82. The highest BCUT2D eigenvalue weighted by Gasteiger charge is 2.24. The second-order valence-corrected chi connectivity index (χ2v) is 6.85. The first-order valence-electron chi connectivity index (χ1n) is 8.34. The number of anilines is 1. The van der Waals surface area contributed by atoms with Crippen molar-refractivity contribution < 1.29 is 14.3 Å². The van der Waals surface area contributed by atoms with Gasteiger partial charge in [0.05, 0.1) is 17.5 Å². The van der Waals surface area contributed by atoms with Crippen LogP contribution in [0.1, 0.15) is 33.1 Å². The highest BCUT2D eigenvalue weighted by Crippen LogP contribution is 2.33. The molecule has 6 nitrogen and oxygen atoms in total. The molecule has 1 aliphatic heterocycles. The Morgan fingerprint density at radius 3 is 3.08 bits per heavy atom. The van der Waals surface area contributed by atoms with E-state index in [2.05, 4.69) is 10.3 Å². The molecule has 0 radical (unpaired) electrons. The predicted molar refractivity (Wildman–Crippen MR) is 95.3 cm³/mol. The molecule has 0 aromatic carbocycles. The Hall–Kier alpha value is -1.60. The summed E-state index contributed by atoms with van der Waals surface area (Å²) in [6, 6.07) is 3.73. The quantitative estimate of drug-likeness (QED) is 0.691. The first kappa shape index (κ1) is 18.7. The molecule has 24 heavy (non-hydrogen) atoms. The van der Waals surface area contributed by atoms with Crippen LogP contribution < -0.4 is 10.2 Å². The molecule has 7 heteroatoms. The smallest absolute Gasteiger partial charge is 0.237 e. The Bertz CT molecular complexity index is 566. The third-order valence-electron chi connectivity index (χ3n) is 3.56. The van der Waals surface area contributed by atoms with Crippen molar-refractivity contribution in [1.82, 2.24) is 10.3 Å². The molecule has 1 aliphatic rings. The number of nitrogens with one attached hydrogen (secondary N) is 1. The SMILES string of the molecule is CC(C)OCCCNC(=O)CCCN1C(=O)CSc2ncccc21. The summed E-state index contributed by atoms with van der Waals surface area (Å²) in [6.45, 7) is 5.81. The number of nitrogens with zero attached hydrogens (tertiary/aromatic N) is 2. The fourth-order valence-electron chi connectivity index (χ4n) is 2.39. The minimum Gasteiger partial charge on any atom is -0.379 e. The van der Waals surface area contributed by atoms with Crippen LogP contribution in [0.2, 0.25) is 0 Å². The number of ether oxygens (including phenoxy) is 1. The molecule has 132 valence electrons. The van der Waals surface area contributed by atoms with Crippen molar-refractivity contribution in [3.05, 3.63) is 18.3 Å². The average Bonchev–Trinajstić information content (AvgIpc) is 2.56. The Morgan fingerprint density at radius 2 is 2.29 bits per heavy atom. The van der Waals surface area contributed by atoms with E-state index in [-0.39, 0.29) is 17.9 Å². The highest BCUT2D eigenvalue weighted by atomic mass is 32.2. The lowest BCUT2D eigenvalue weighted by molar-refractivity contribution is -0.121. The lowest BCUT2D eigenvalue weighted by atomic mass is 10.2. The van der Waals surface area contributed by atoms with Crippen LogP contribution >= 0.6 is 11.8 Å². The van der Waals surface area contributed by atoms with Gasteiger partial charge in [-0.2, -0.15) is 0 Å². The molecular formula is C17H25N3O3S. The number of hydrogen-bond acceptors (Lipinski definition) is 5. The monoisotopic (exact) mass is 351 g/mol. The molecule has 0 spiro atoms. The van der Waals surface area contributed by atoms with E-state index in [1.807, 2.05) is 26.0 Å². The molecule has 0 saturated carbocycles. The van der Waals surface area contributed by atoms with Crippen LogP contribution in [0, 0.1) is 0 Å². The largest absolute Gasteiger partial charge is 0.379 e. The maximum atomic E-state index is 12.1. The van der Waals surface area contributed by atoms with Gasteiger partial charge in [-0.15, -0.1) is 0 Å². The molecule has 0 bridgehead atoms. The number of hydrogen-bond donors (Lipinski definition) is 1. The van der Waals surface area contributed by atoms with E-state index >= 15 is 0 Å². The van der Waals surface area contributed by atoms with Crippen LogP contribution in [-0.4, -0.2) is 48.4 Å². The van der Waals surface area contributed by atoms with Gasteiger partial charge in [0, 0.05) is 32.3 Å². The van der Waals surface area contributed by atoms with Crippen molar-refractivity contribution in [2.75, 3.05) is 30.3 Å². The van der Waals surface area contributed by atoms with E-state index in [1.165, 1.54) is 11.8 Å². The van der Waals surface area contributed by atoms with E-state index < -0.39 is 0 Å². The summed E-state index contributed by atoms with van der Waals surface area (Å²) >= 11 is 1.46. The van der Waals surface area contributed by atoms with E-state index in [0.29, 0.717) is 38.3 Å². The van der Waals surface area contributed by atoms with E-state index in [9.17, 15) is 9.59 Å². The van der Waals surface area contributed by atoms with Crippen molar-refractivity contribution in [2.24, 2.45) is 0 Å². The number of carbonyl (C=O) groups excluding carboxylic acids is 2. The summed E-state index contributed by atoms with van der Waals surface area (Å²) in [7, 11) is 0. The molecule has 1 N–H and O–H groups in total. The molecule has 0 saturated heterocycles. The van der Waals surface area contributed by atoms with Gasteiger partial charge in [0.2, 0.25) is 11.8 Å². The van der Waals surface area contributed by atoms with Gasteiger partial charge in [0.1, 0.15) is 5.03 Å². The van der Waals surface area contributed by atoms with Gasteiger partial charge < -0.3 is 15.0 Å². The number of aromatic nitrogens is 1. The number of amides is 2. The maximum Gasteiger partial charge on any atom is 0.237 e. The van der Waals surface area contributed by atoms with Crippen LogP contribution in [0.5, 0.6) is 0 Å². The molecule has 2 heterocycles. The summed E-state index contributed by atoms with van der Waals surface area (Å²) in [5.74, 6) is 0.503. The third kappa shape index (κ3) is 5.79. The molecule has 2 amide bonds. The Kier molecular flexibility index (Phi) is 7.52.